The molecule has 30 heavy (non-hydrogen) atoms. The predicted molar refractivity (Wildman–Crippen MR) is 121 cm³/mol. The highest BCUT2D eigenvalue weighted by Gasteiger charge is 2.19. The number of carbonyl (C=O) groups is 1. The lowest BCUT2D eigenvalue weighted by atomic mass is 10.1. The van der Waals surface area contributed by atoms with Gasteiger partial charge in [-0.1, -0.05) is 48.6 Å². The van der Waals surface area contributed by atoms with E-state index in [1.807, 2.05) is 28.8 Å². The summed E-state index contributed by atoms with van der Waals surface area (Å²) in [6, 6.07) is 18.1. The van der Waals surface area contributed by atoms with Crippen LogP contribution in [-0.4, -0.2) is 15.5 Å². The number of anilines is 1. The molecular weight excluding hydrogens is 394 g/mol. The number of carbonyl (C=O) groups excluding carboxylic acids is 1. The maximum atomic E-state index is 13.2. The summed E-state index contributed by atoms with van der Waals surface area (Å²) >= 11 is 1.50. The normalized spacial score (nSPS) is 11.4. The van der Waals surface area contributed by atoms with Crippen LogP contribution in [0.4, 0.5) is 5.13 Å². The summed E-state index contributed by atoms with van der Waals surface area (Å²) in [5.41, 5.74) is 6.67. The quantitative estimate of drug-likeness (QED) is 0.382. The number of nitrogens with zero attached hydrogens (tertiary/aromatic N) is 2. The van der Waals surface area contributed by atoms with Crippen molar-refractivity contribution < 1.29 is 9.21 Å². The van der Waals surface area contributed by atoms with Gasteiger partial charge in [-0.2, -0.15) is 0 Å². The topological polar surface area (TPSA) is 60.1 Å². The van der Waals surface area contributed by atoms with Crippen LogP contribution in [0, 0.1) is 6.92 Å². The molecule has 1 amide bonds. The highest BCUT2D eigenvalue weighted by atomic mass is 32.1. The first-order valence-corrected chi connectivity index (χ1v) is 10.8. The van der Waals surface area contributed by atoms with Crippen LogP contribution in [0.5, 0.6) is 0 Å². The molecule has 3 aromatic heterocycles. The molecule has 0 saturated carbocycles. The van der Waals surface area contributed by atoms with Crippen molar-refractivity contribution in [3.05, 3.63) is 83.2 Å². The Bertz CT molecular complexity index is 1380. The van der Waals surface area contributed by atoms with Gasteiger partial charge in [-0.15, -0.1) is 0 Å². The van der Waals surface area contributed by atoms with Gasteiger partial charge >= 0.3 is 0 Å². The van der Waals surface area contributed by atoms with Crippen LogP contribution in [-0.2, 0) is 13.0 Å². The molecule has 0 aliphatic carbocycles. The lowest BCUT2D eigenvalue weighted by Gasteiger charge is -2.11. The fraction of sp³-hybridized carbons (Fsp3) is 0.167. The Labute approximate surface area is 178 Å². The molecule has 0 spiro atoms. The molecule has 0 atom stereocenters. The largest absolute Gasteiger partial charge is 0.463 e. The van der Waals surface area contributed by atoms with Crippen molar-refractivity contribution in [2.24, 2.45) is 0 Å². The minimum atomic E-state index is -0.190. The zero-order valence-corrected chi connectivity index (χ0v) is 17.6. The van der Waals surface area contributed by atoms with E-state index in [0.717, 1.165) is 27.7 Å². The summed E-state index contributed by atoms with van der Waals surface area (Å²) in [6.07, 6.45) is 2.63. The molecule has 1 N–H and O–H groups in total. The van der Waals surface area contributed by atoms with E-state index in [0.29, 0.717) is 23.0 Å². The maximum absolute atomic E-state index is 13.2. The van der Waals surface area contributed by atoms with Crippen molar-refractivity contribution in [3.63, 3.8) is 0 Å². The number of nitrogens with one attached hydrogen (secondary N) is 1. The Balaban J connectivity index is 1.49. The Hall–Kier alpha value is -3.38. The monoisotopic (exact) mass is 415 g/mol. The Morgan fingerprint density at radius 3 is 2.87 bits per heavy atom. The average Bonchev–Trinajstić information content (AvgIpc) is 3.44. The fourth-order valence-corrected chi connectivity index (χ4v) is 4.62. The SMILES string of the molecule is CCc1ccc2nc(NC(=O)c3cc4occc4n3Cc3ccccc3C)sc2c1. The molecule has 5 nitrogen and oxygen atoms in total. The van der Waals surface area contributed by atoms with Gasteiger partial charge < -0.3 is 8.98 Å². The molecule has 0 fully saturated rings. The van der Waals surface area contributed by atoms with E-state index in [9.17, 15) is 4.79 Å². The molecule has 0 radical (unpaired) electrons. The van der Waals surface area contributed by atoms with E-state index >= 15 is 0 Å². The van der Waals surface area contributed by atoms with Gasteiger partial charge in [-0.25, -0.2) is 4.98 Å². The minimum absolute atomic E-state index is 0.190. The van der Waals surface area contributed by atoms with E-state index in [1.165, 1.54) is 22.5 Å². The smallest absolute Gasteiger partial charge is 0.274 e. The first-order chi connectivity index (χ1) is 14.6. The lowest BCUT2D eigenvalue weighted by Crippen LogP contribution is -2.17. The number of furan rings is 1. The molecule has 3 heterocycles. The number of amides is 1. The minimum Gasteiger partial charge on any atom is -0.463 e. The first kappa shape index (κ1) is 18.6. The molecule has 150 valence electrons. The van der Waals surface area contributed by atoms with Crippen molar-refractivity contribution in [2.45, 2.75) is 26.8 Å². The van der Waals surface area contributed by atoms with Gasteiger partial charge in [0.25, 0.3) is 5.91 Å². The van der Waals surface area contributed by atoms with Crippen molar-refractivity contribution in [1.29, 1.82) is 0 Å². The third kappa shape index (κ3) is 3.29. The second kappa shape index (κ2) is 7.46. The first-order valence-electron chi connectivity index (χ1n) is 9.94. The van der Waals surface area contributed by atoms with Gasteiger partial charge in [0.2, 0.25) is 0 Å². The average molecular weight is 416 g/mol. The highest BCUT2D eigenvalue weighted by Crippen LogP contribution is 2.29. The molecule has 6 heteroatoms. The summed E-state index contributed by atoms with van der Waals surface area (Å²) in [5.74, 6) is -0.190. The predicted octanol–water partition coefficient (Wildman–Crippen LogP) is 6.02. The number of aryl methyl sites for hydroxylation is 2. The molecule has 5 rings (SSSR count). The molecule has 5 aromatic rings. The molecule has 0 saturated heterocycles. The highest BCUT2D eigenvalue weighted by molar-refractivity contribution is 7.22. The maximum Gasteiger partial charge on any atom is 0.274 e. The molecular formula is C24H21N3O2S. The third-order valence-corrected chi connectivity index (χ3v) is 6.36. The molecule has 0 aliphatic rings. The number of aromatic nitrogens is 2. The number of rotatable bonds is 5. The second-order valence-corrected chi connectivity index (χ2v) is 8.37. The van der Waals surface area contributed by atoms with Crippen molar-refractivity contribution >= 4 is 43.7 Å². The van der Waals surface area contributed by atoms with E-state index in [4.69, 9.17) is 4.42 Å². The summed E-state index contributed by atoms with van der Waals surface area (Å²) in [7, 11) is 0. The van der Waals surface area contributed by atoms with Crippen molar-refractivity contribution in [3.8, 4) is 0 Å². The van der Waals surface area contributed by atoms with Gasteiger partial charge in [0.15, 0.2) is 10.7 Å². The summed E-state index contributed by atoms with van der Waals surface area (Å²) in [5, 5.41) is 3.58. The van der Waals surface area contributed by atoms with E-state index in [2.05, 4.69) is 48.4 Å². The molecule has 0 aliphatic heterocycles. The zero-order chi connectivity index (χ0) is 20.7. The standard InChI is InChI=1S/C24H21N3O2S/c1-3-16-8-9-18-22(12-16)30-24(25-18)26-23(28)20-13-21-19(10-11-29-21)27(20)14-17-7-5-4-6-15(17)2/h4-13H,3,14H2,1-2H3,(H,25,26,28). The van der Waals surface area contributed by atoms with Gasteiger partial charge in [0, 0.05) is 18.7 Å². The third-order valence-electron chi connectivity index (χ3n) is 5.43. The number of thiazole rings is 1. The van der Waals surface area contributed by atoms with Crippen LogP contribution < -0.4 is 5.32 Å². The molecule has 0 bridgehead atoms. The summed E-state index contributed by atoms with van der Waals surface area (Å²) in [4.78, 5) is 17.7. The number of hydrogen-bond acceptors (Lipinski definition) is 4. The van der Waals surface area contributed by atoms with Gasteiger partial charge in [0.1, 0.15) is 5.69 Å². The van der Waals surface area contributed by atoms with Gasteiger partial charge in [0.05, 0.1) is 22.0 Å². The Morgan fingerprint density at radius 2 is 2.03 bits per heavy atom. The Kier molecular flexibility index (Phi) is 4.64. The van der Waals surface area contributed by atoms with E-state index in [1.54, 1.807) is 12.3 Å². The van der Waals surface area contributed by atoms with Crippen LogP contribution in [0.15, 0.2) is 65.3 Å². The fourth-order valence-electron chi connectivity index (χ4n) is 3.70. The summed E-state index contributed by atoms with van der Waals surface area (Å²) < 4.78 is 8.64. The lowest BCUT2D eigenvalue weighted by molar-refractivity contribution is 0.101. The van der Waals surface area contributed by atoms with E-state index < -0.39 is 0 Å². The Morgan fingerprint density at radius 1 is 1.17 bits per heavy atom. The van der Waals surface area contributed by atoms with Gasteiger partial charge in [-0.05, 0) is 42.2 Å². The molecule has 0 unspecified atom stereocenters. The number of benzene rings is 2. The number of hydrogen-bond donors (Lipinski definition) is 1. The zero-order valence-electron chi connectivity index (χ0n) is 16.8. The second-order valence-electron chi connectivity index (χ2n) is 7.34. The van der Waals surface area contributed by atoms with Crippen molar-refractivity contribution in [1.82, 2.24) is 9.55 Å². The van der Waals surface area contributed by atoms with Crippen LogP contribution in [0.2, 0.25) is 0 Å². The van der Waals surface area contributed by atoms with Gasteiger partial charge in [-0.3, -0.25) is 10.1 Å². The van der Waals surface area contributed by atoms with Crippen LogP contribution in [0.1, 0.15) is 34.1 Å². The number of fused-ring (bicyclic) bond motifs is 2. The molecule has 2 aromatic carbocycles. The van der Waals surface area contributed by atoms with Crippen LogP contribution in [0.3, 0.4) is 0 Å². The summed E-state index contributed by atoms with van der Waals surface area (Å²) in [6.45, 7) is 4.80. The van der Waals surface area contributed by atoms with Crippen molar-refractivity contribution in [2.75, 3.05) is 5.32 Å². The van der Waals surface area contributed by atoms with Crippen LogP contribution >= 0.6 is 11.3 Å². The van der Waals surface area contributed by atoms with Crippen LogP contribution in [0.25, 0.3) is 21.3 Å². The van der Waals surface area contributed by atoms with E-state index in [-0.39, 0.29) is 5.91 Å².